The Kier molecular flexibility index (Phi) is 24.9. The Morgan fingerprint density at radius 2 is 0.798 bits per heavy atom. The number of ether oxygens (including phenoxy) is 4. The zero-order valence-corrected chi connectivity index (χ0v) is 75.4. The third-order valence-electron chi connectivity index (χ3n) is 26.9. The van der Waals surface area contributed by atoms with E-state index in [0.29, 0.717) is 78.9 Å². The van der Waals surface area contributed by atoms with Crippen LogP contribution in [0.5, 0.6) is 0 Å². The van der Waals surface area contributed by atoms with Gasteiger partial charge in [0.25, 0.3) is 0 Å². The summed E-state index contributed by atoms with van der Waals surface area (Å²) in [4.78, 5) is 74.3. The first kappa shape index (κ1) is 86.4. The zero-order chi connectivity index (χ0) is 88.8. The van der Waals surface area contributed by atoms with Gasteiger partial charge in [-0.3, -0.25) is 67.2 Å². The van der Waals surface area contributed by atoms with Crippen molar-refractivity contribution in [2.75, 3.05) is 79.0 Å². The first-order valence-corrected chi connectivity index (χ1v) is 45.8. The van der Waals surface area contributed by atoms with Crippen molar-refractivity contribution in [2.24, 2.45) is 14.1 Å². The minimum atomic E-state index is -0.269. The van der Waals surface area contributed by atoms with Gasteiger partial charge in [-0.1, -0.05) is 54.4 Å². The molecule has 0 aliphatic carbocycles. The number of amides is 4. The number of hydrogen-bond acceptors (Lipinski definition) is 18. The topological polar surface area (TPSA) is 277 Å². The summed E-state index contributed by atoms with van der Waals surface area (Å²) < 4.78 is 49.1. The summed E-state index contributed by atoms with van der Waals surface area (Å²) in [7, 11) is 3.81. The van der Waals surface area contributed by atoms with Crippen molar-refractivity contribution in [1.29, 1.82) is 0 Å². The Morgan fingerprint density at radius 3 is 1.20 bits per heavy atom. The maximum Gasteiger partial charge on any atom is 0.219 e. The maximum atomic E-state index is 14.4. The molecule has 10 aromatic heterocycles. The average Bonchev–Trinajstić information content (AvgIpc) is 1.65. The first-order chi connectivity index (χ1) is 62.7. The Hall–Kier alpha value is -12.0. The fourth-order valence-corrected chi connectivity index (χ4v) is 20.4. The summed E-state index contributed by atoms with van der Waals surface area (Å²) in [6.45, 7) is 19.9. The summed E-state index contributed by atoms with van der Waals surface area (Å²) >= 11 is 13.0. The molecule has 0 unspecified atom stereocenters. The van der Waals surface area contributed by atoms with E-state index < -0.39 is 0 Å². The normalized spacial score (nSPS) is 17.0. The Labute approximate surface area is 756 Å². The lowest BCUT2D eigenvalue weighted by Gasteiger charge is -2.29. The molecule has 4 aromatic carbocycles. The van der Waals surface area contributed by atoms with E-state index in [1.165, 1.54) is 40.0 Å². The maximum absolute atomic E-state index is 14.4. The van der Waals surface area contributed by atoms with Gasteiger partial charge in [0, 0.05) is 338 Å². The molecule has 0 bridgehead atoms. The Bertz CT molecular complexity index is 6500. The lowest BCUT2D eigenvalue weighted by Crippen LogP contribution is -2.35. The summed E-state index contributed by atoms with van der Waals surface area (Å²) in [5, 5.41) is 37.9. The number of pyridine rings is 4. The molecule has 14 aromatic rings. The van der Waals surface area contributed by atoms with Crippen LogP contribution in [0.4, 0.5) is 4.39 Å². The summed E-state index contributed by atoms with van der Waals surface area (Å²) in [5.41, 5.74) is 21.9. The van der Waals surface area contributed by atoms with Gasteiger partial charge in [0.05, 0.1) is 75.7 Å². The summed E-state index contributed by atoms with van der Waals surface area (Å²) in [6.07, 6.45) is 30.0. The van der Waals surface area contributed by atoms with Crippen LogP contribution >= 0.6 is 23.2 Å². The number of benzene rings is 4. The second kappa shape index (κ2) is 37.2. The monoisotopic (exact) mass is 1780 g/mol. The van der Waals surface area contributed by atoms with Crippen molar-refractivity contribution in [3.63, 3.8) is 0 Å². The SMILES string of the molecule is CC(=O)N1CCc2c(c(-c3cc(Cl)cc4cc(-c5cnn(C)c5)ncc34)nn2C2CCOCC2)C1.CC(=O)N1CCc2c(c(-c3ccc(F)c4ccncc34)nn2C2CCOCC2)C1.CC(=O)N1CCc2c(c(-c3cccc4c(Cl)cncc34)nn2C2CCOCC2)C1.CCc1cc(-c2nn(C3CCOCC3)c3c2CN(C(C)=O)CC3)c2cnc(-c3cnn(C)c3)cc2c1. The molecule has 0 atom stereocenters. The molecule has 0 saturated carbocycles. The third kappa shape index (κ3) is 17.4. The van der Waals surface area contributed by atoms with Crippen LogP contribution < -0.4 is 0 Å². The highest BCUT2D eigenvalue weighted by Gasteiger charge is 2.37. The molecule has 0 radical (unpaired) electrons. The number of fused-ring (bicyclic) bond motifs is 8. The molecular weight excluding hydrogens is 1680 g/mol. The van der Waals surface area contributed by atoms with Crippen LogP contribution in [0.25, 0.3) is 111 Å². The van der Waals surface area contributed by atoms with E-state index >= 15 is 0 Å². The van der Waals surface area contributed by atoms with Gasteiger partial charge in [0.2, 0.25) is 23.6 Å². The van der Waals surface area contributed by atoms with Crippen molar-refractivity contribution < 1.29 is 42.5 Å². The quantitative estimate of drug-likeness (QED) is 0.116. The van der Waals surface area contributed by atoms with Crippen molar-refractivity contribution in [3.05, 3.63) is 201 Å². The number of carbonyl (C=O) groups is 4. The van der Waals surface area contributed by atoms with E-state index in [9.17, 15) is 23.6 Å². The Morgan fingerprint density at radius 1 is 0.411 bits per heavy atom. The second-order valence-corrected chi connectivity index (χ2v) is 35.7. The molecule has 0 spiro atoms. The highest BCUT2D eigenvalue weighted by molar-refractivity contribution is 6.35. The molecule has 28 nitrogen and oxygen atoms in total. The van der Waals surface area contributed by atoms with E-state index in [-0.39, 0.29) is 29.4 Å². The fourth-order valence-electron chi connectivity index (χ4n) is 19.9. The molecule has 129 heavy (non-hydrogen) atoms. The minimum absolute atomic E-state index is 0.0612. The molecular formula is C98H105Cl2FN20O8. The van der Waals surface area contributed by atoms with Crippen LogP contribution in [0.1, 0.15) is 161 Å². The predicted molar refractivity (Wildman–Crippen MR) is 491 cm³/mol. The molecule has 4 fully saturated rings. The molecule has 4 saturated heterocycles. The van der Waals surface area contributed by atoms with Gasteiger partial charge in [0.1, 0.15) is 5.82 Å². The molecule has 18 heterocycles. The van der Waals surface area contributed by atoms with Crippen LogP contribution in [0.3, 0.4) is 0 Å². The number of halogens is 3. The number of nitrogens with zero attached hydrogens (tertiary/aromatic N) is 20. The van der Waals surface area contributed by atoms with Gasteiger partial charge in [-0.2, -0.15) is 30.6 Å². The molecule has 666 valence electrons. The highest BCUT2D eigenvalue weighted by Crippen LogP contribution is 2.45. The van der Waals surface area contributed by atoms with Gasteiger partial charge >= 0.3 is 0 Å². The molecule has 22 rings (SSSR count). The zero-order valence-electron chi connectivity index (χ0n) is 73.9. The lowest BCUT2D eigenvalue weighted by molar-refractivity contribution is -0.130. The van der Waals surface area contributed by atoms with E-state index in [2.05, 4.69) is 70.1 Å². The van der Waals surface area contributed by atoms with E-state index in [4.69, 9.17) is 72.5 Å². The number of carbonyl (C=O) groups excluding carboxylic acids is 4. The van der Waals surface area contributed by atoms with Crippen LogP contribution in [-0.4, -0.2) is 201 Å². The van der Waals surface area contributed by atoms with Gasteiger partial charge in [-0.05, 0) is 123 Å². The number of aromatic nitrogens is 16. The smallest absolute Gasteiger partial charge is 0.219 e. The molecule has 4 amide bonds. The molecule has 31 heteroatoms. The number of hydrogen-bond donors (Lipinski definition) is 0. The van der Waals surface area contributed by atoms with Crippen molar-refractivity contribution >= 4 is 89.9 Å². The largest absolute Gasteiger partial charge is 0.381 e. The number of rotatable bonds is 11. The van der Waals surface area contributed by atoms with Crippen molar-refractivity contribution in [2.45, 2.75) is 168 Å². The third-order valence-corrected chi connectivity index (χ3v) is 27.4. The van der Waals surface area contributed by atoms with Gasteiger partial charge in [-0.25, -0.2) is 4.39 Å². The second-order valence-electron chi connectivity index (χ2n) is 34.9. The molecule has 0 N–H and O–H groups in total. The average molecular weight is 1780 g/mol. The highest BCUT2D eigenvalue weighted by atomic mass is 35.5. The summed E-state index contributed by atoms with van der Waals surface area (Å²) in [5.74, 6) is 0.0860. The van der Waals surface area contributed by atoms with Crippen LogP contribution in [-0.2, 0) is 111 Å². The van der Waals surface area contributed by atoms with Gasteiger partial charge < -0.3 is 38.5 Å². The van der Waals surface area contributed by atoms with Crippen LogP contribution in [0.2, 0.25) is 10.0 Å². The van der Waals surface area contributed by atoms with Crippen LogP contribution in [0, 0.1) is 5.82 Å². The molecule has 8 aliphatic heterocycles. The van der Waals surface area contributed by atoms with Crippen molar-refractivity contribution in [3.8, 4) is 67.5 Å². The van der Waals surface area contributed by atoms with Crippen molar-refractivity contribution in [1.82, 2.24) is 98.2 Å². The predicted octanol–water partition coefficient (Wildman–Crippen LogP) is 16.2. The lowest BCUT2D eigenvalue weighted by atomic mass is 9.94. The van der Waals surface area contributed by atoms with E-state index in [0.717, 1.165) is 271 Å². The molecule has 8 aliphatic rings. The van der Waals surface area contributed by atoms with Gasteiger partial charge in [-0.15, -0.1) is 0 Å². The van der Waals surface area contributed by atoms with E-state index in [1.54, 1.807) is 67.8 Å². The number of aryl methyl sites for hydroxylation is 3. The minimum Gasteiger partial charge on any atom is -0.381 e. The summed E-state index contributed by atoms with van der Waals surface area (Å²) in [6, 6.07) is 25.0. The van der Waals surface area contributed by atoms with Crippen LogP contribution in [0.15, 0.2) is 135 Å². The fraction of sp³-hybridized carbons (Fsp3) is 0.408. The standard InChI is InChI=1S/C28H32N6O2.C26H27ClN6O2.C22H23ClN4O2.C22H23FN4O2/c1-4-19-11-20-13-26(21-14-30-32(3)16-21)29-15-24(20)23(12-19)28-25-17-33(18(2)35)8-5-27(25)34(31-28)22-6-9-36-10-7-22;1-16(34)32-6-3-25-23(15-32)26(30-33(25)20-4-7-35-8-5-20)21-11-19(27)9-17-10-24(28-13-22(17)21)18-12-29-31(2)14-18;1-14(28)26-8-5-21-19(13-26)22(25-27(21)15-6-9-29-10-7-15)17-4-2-3-16-18(17)11-24-12-20(16)23;1-14(28)26-9-5-21-19(13-26)22(25-27(21)15-6-10-29-11-7-15)17-2-3-20(23)16-4-8-24-12-18(16)17/h11-16,22H,4-10,17H2,1-3H3;9-14,20H,3-8,15H2,1-2H3;2-4,11-12,15H,5-10,13H2,1H3;2-4,8,12,15H,5-7,9-11,13H2,1H3. The Balaban J connectivity index is 0.000000112. The first-order valence-electron chi connectivity index (χ1n) is 45.1. The van der Waals surface area contributed by atoms with Gasteiger partial charge in [0.15, 0.2) is 0 Å². The van der Waals surface area contributed by atoms with E-state index in [1.807, 2.05) is 107 Å².